The Morgan fingerprint density at radius 1 is 1.41 bits per heavy atom. The molecule has 0 N–H and O–H groups in total. The highest BCUT2D eigenvalue weighted by Gasteiger charge is 2.24. The normalized spacial score (nSPS) is 12.2. The highest BCUT2D eigenvalue weighted by Crippen LogP contribution is 2.26. The van der Waals surface area contributed by atoms with Crippen molar-refractivity contribution in [1.29, 1.82) is 0 Å². The second-order valence-electron chi connectivity index (χ2n) is 3.88. The molecule has 0 aliphatic carbocycles. The van der Waals surface area contributed by atoms with E-state index in [0.29, 0.717) is 6.42 Å². The van der Waals surface area contributed by atoms with Crippen molar-refractivity contribution in [2.24, 2.45) is 0 Å². The number of carbonyl (C=O) groups excluding carboxylic acids is 1. The van der Waals surface area contributed by atoms with Gasteiger partial charge in [0, 0.05) is 5.56 Å². The van der Waals surface area contributed by atoms with Crippen LogP contribution < -0.4 is 0 Å². The van der Waals surface area contributed by atoms with Crippen molar-refractivity contribution in [3.05, 3.63) is 35.4 Å². The highest BCUT2D eigenvalue weighted by molar-refractivity contribution is 5.78. The van der Waals surface area contributed by atoms with Crippen LogP contribution in [0.2, 0.25) is 0 Å². The van der Waals surface area contributed by atoms with Crippen molar-refractivity contribution >= 4 is 5.97 Å². The molecule has 0 radical (unpaired) electrons. The first-order valence-corrected chi connectivity index (χ1v) is 5.63. The molecular formula is C13H16F2O2. The van der Waals surface area contributed by atoms with Crippen molar-refractivity contribution in [3.8, 4) is 0 Å². The first kappa shape index (κ1) is 13.6. The van der Waals surface area contributed by atoms with Crippen LogP contribution in [0.5, 0.6) is 0 Å². The molecule has 0 saturated heterocycles. The summed E-state index contributed by atoms with van der Waals surface area (Å²) in [5.41, 5.74) is 0.0744. The van der Waals surface area contributed by atoms with Crippen LogP contribution in [0.15, 0.2) is 18.2 Å². The number of hydrogen-bond donors (Lipinski definition) is 0. The average molecular weight is 242 g/mol. The molecule has 1 unspecified atom stereocenters. The van der Waals surface area contributed by atoms with Crippen LogP contribution in [0, 0.1) is 11.6 Å². The van der Waals surface area contributed by atoms with Gasteiger partial charge in [-0.3, -0.25) is 4.79 Å². The molecule has 4 heteroatoms. The van der Waals surface area contributed by atoms with Crippen LogP contribution in [-0.2, 0) is 9.53 Å². The Bertz CT molecular complexity index is 391. The largest absolute Gasteiger partial charge is 0.469 e. The van der Waals surface area contributed by atoms with Gasteiger partial charge in [0.25, 0.3) is 0 Å². The van der Waals surface area contributed by atoms with Crippen LogP contribution in [0.4, 0.5) is 8.78 Å². The van der Waals surface area contributed by atoms with Crippen molar-refractivity contribution in [3.63, 3.8) is 0 Å². The molecule has 0 aliphatic rings. The van der Waals surface area contributed by atoms with E-state index in [1.54, 1.807) is 0 Å². The molecule has 1 atom stereocenters. The molecule has 17 heavy (non-hydrogen) atoms. The van der Waals surface area contributed by atoms with E-state index in [0.717, 1.165) is 31.0 Å². The Balaban J connectivity index is 3.02. The van der Waals surface area contributed by atoms with Gasteiger partial charge in [-0.2, -0.15) is 0 Å². The van der Waals surface area contributed by atoms with E-state index in [9.17, 15) is 13.6 Å². The van der Waals surface area contributed by atoms with Crippen LogP contribution in [-0.4, -0.2) is 13.1 Å². The Kier molecular flexibility index (Phi) is 5.07. The van der Waals surface area contributed by atoms with Gasteiger partial charge in [0.15, 0.2) is 0 Å². The Hall–Kier alpha value is -1.45. The maximum atomic E-state index is 13.6. The zero-order chi connectivity index (χ0) is 12.8. The average Bonchev–Trinajstić information content (AvgIpc) is 2.33. The van der Waals surface area contributed by atoms with Gasteiger partial charge in [0.05, 0.1) is 13.0 Å². The minimum absolute atomic E-state index is 0.0744. The number of unbranched alkanes of at least 4 members (excludes halogenated alkanes) is 1. The molecule has 0 fully saturated rings. The number of rotatable bonds is 5. The third-order valence-electron chi connectivity index (χ3n) is 2.67. The first-order chi connectivity index (χ1) is 8.10. The maximum absolute atomic E-state index is 13.6. The molecule has 0 amide bonds. The summed E-state index contributed by atoms with van der Waals surface area (Å²) < 4.78 is 31.3. The van der Waals surface area contributed by atoms with Gasteiger partial charge in [0.2, 0.25) is 0 Å². The Morgan fingerprint density at radius 2 is 2.12 bits per heavy atom. The SMILES string of the molecule is CCCCC(C(=O)OC)c1cc(F)ccc1F. The molecule has 1 aromatic rings. The summed E-state index contributed by atoms with van der Waals surface area (Å²) in [5.74, 6) is -2.37. The Morgan fingerprint density at radius 3 is 2.71 bits per heavy atom. The van der Waals surface area contributed by atoms with Gasteiger partial charge < -0.3 is 4.74 Å². The van der Waals surface area contributed by atoms with Crippen molar-refractivity contribution < 1.29 is 18.3 Å². The van der Waals surface area contributed by atoms with Gasteiger partial charge in [-0.1, -0.05) is 19.8 Å². The predicted molar refractivity (Wildman–Crippen MR) is 60.6 cm³/mol. The van der Waals surface area contributed by atoms with E-state index in [1.807, 2.05) is 6.92 Å². The zero-order valence-electron chi connectivity index (χ0n) is 10.0. The predicted octanol–water partition coefficient (Wildman–Crippen LogP) is 3.41. The quantitative estimate of drug-likeness (QED) is 0.739. The summed E-state index contributed by atoms with van der Waals surface area (Å²) in [6, 6.07) is 3.13. The molecule has 1 rings (SSSR count). The van der Waals surface area contributed by atoms with Crippen LogP contribution >= 0.6 is 0 Å². The lowest BCUT2D eigenvalue weighted by atomic mass is 9.93. The summed E-state index contributed by atoms with van der Waals surface area (Å²) >= 11 is 0. The van der Waals surface area contributed by atoms with Crippen molar-refractivity contribution in [2.75, 3.05) is 7.11 Å². The molecule has 0 aromatic heterocycles. The molecule has 1 aromatic carbocycles. The summed E-state index contributed by atoms with van der Waals surface area (Å²) in [5, 5.41) is 0. The summed E-state index contributed by atoms with van der Waals surface area (Å²) in [6.07, 6.45) is 2.10. The van der Waals surface area contributed by atoms with Crippen LogP contribution in [0.3, 0.4) is 0 Å². The molecule has 0 aliphatic heterocycles. The summed E-state index contributed by atoms with van der Waals surface area (Å²) in [7, 11) is 1.25. The number of hydrogen-bond acceptors (Lipinski definition) is 2. The van der Waals surface area contributed by atoms with E-state index >= 15 is 0 Å². The van der Waals surface area contributed by atoms with Gasteiger partial charge in [-0.15, -0.1) is 0 Å². The lowest BCUT2D eigenvalue weighted by molar-refractivity contribution is -0.142. The third-order valence-corrected chi connectivity index (χ3v) is 2.67. The molecule has 0 heterocycles. The number of halogens is 2. The molecule has 0 bridgehead atoms. The molecule has 0 saturated carbocycles. The molecule has 0 spiro atoms. The minimum atomic E-state index is -0.726. The second-order valence-corrected chi connectivity index (χ2v) is 3.88. The van der Waals surface area contributed by atoms with Gasteiger partial charge in [-0.05, 0) is 24.6 Å². The zero-order valence-corrected chi connectivity index (χ0v) is 10.0. The molecule has 2 nitrogen and oxygen atoms in total. The van der Waals surface area contributed by atoms with E-state index in [4.69, 9.17) is 0 Å². The molecule has 94 valence electrons. The smallest absolute Gasteiger partial charge is 0.313 e. The van der Waals surface area contributed by atoms with Gasteiger partial charge in [0.1, 0.15) is 11.6 Å². The maximum Gasteiger partial charge on any atom is 0.313 e. The Labute approximate surface area is 99.6 Å². The van der Waals surface area contributed by atoms with E-state index in [-0.39, 0.29) is 5.56 Å². The fourth-order valence-electron chi connectivity index (χ4n) is 1.73. The van der Waals surface area contributed by atoms with Crippen molar-refractivity contribution in [1.82, 2.24) is 0 Å². The fraction of sp³-hybridized carbons (Fsp3) is 0.462. The van der Waals surface area contributed by atoms with Crippen LogP contribution in [0.1, 0.15) is 37.7 Å². The number of carbonyl (C=O) groups is 1. The fourth-order valence-corrected chi connectivity index (χ4v) is 1.73. The topological polar surface area (TPSA) is 26.3 Å². The van der Waals surface area contributed by atoms with E-state index in [1.165, 1.54) is 7.11 Å². The van der Waals surface area contributed by atoms with E-state index in [2.05, 4.69) is 4.74 Å². The van der Waals surface area contributed by atoms with Gasteiger partial charge >= 0.3 is 5.97 Å². The van der Waals surface area contributed by atoms with Crippen molar-refractivity contribution in [2.45, 2.75) is 32.1 Å². The lowest BCUT2D eigenvalue weighted by Gasteiger charge is -2.15. The monoisotopic (exact) mass is 242 g/mol. The third kappa shape index (κ3) is 3.51. The standard InChI is InChI=1S/C13H16F2O2/c1-3-4-5-10(13(16)17-2)11-8-9(14)6-7-12(11)15/h6-8,10H,3-5H2,1-2H3. The number of esters is 1. The van der Waals surface area contributed by atoms with E-state index < -0.39 is 23.5 Å². The number of benzene rings is 1. The molecular weight excluding hydrogens is 226 g/mol. The van der Waals surface area contributed by atoms with Gasteiger partial charge in [-0.25, -0.2) is 8.78 Å². The summed E-state index contributed by atoms with van der Waals surface area (Å²) in [4.78, 5) is 11.6. The first-order valence-electron chi connectivity index (χ1n) is 5.63. The minimum Gasteiger partial charge on any atom is -0.469 e. The second kappa shape index (κ2) is 6.33. The van der Waals surface area contributed by atoms with Crippen LogP contribution in [0.25, 0.3) is 0 Å². The highest BCUT2D eigenvalue weighted by atomic mass is 19.1. The number of ether oxygens (including phenoxy) is 1. The number of methoxy groups -OCH3 is 1. The summed E-state index contributed by atoms with van der Waals surface area (Å²) in [6.45, 7) is 1.97. The lowest BCUT2D eigenvalue weighted by Crippen LogP contribution is -2.16.